The minimum absolute atomic E-state index is 0.156. The van der Waals surface area contributed by atoms with Crippen LogP contribution in [0.25, 0.3) is 0 Å². The molecule has 0 radical (unpaired) electrons. The Morgan fingerprint density at radius 3 is 2.62 bits per heavy atom. The fraction of sp³-hybridized carbons (Fsp3) is 0.529. The minimum Gasteiger partial charge on any atom is -0.492 e. The van der Waals surface area contributed by atoms with Crippen molar-refractivity contribution in [2.45, 2.75) is 45.8 Å². The zero-order valence-corrected chi connectivity index (χ0v) is 15.6. The van der Waals surface area contributed by atoms with E-state index in [-0.39, 0.29) is 11.5 Å². The highest BCUT2D eigenvalue weighted by Crippen LogP contribution is 2.31. The summed E-state index contributed by atoms with van der Waals surface area (Å²) in [7, 11) is 0. The van der Waals surface area contributed by atoms with Crippen LogP contribution in [0.15, 0.2) is 30.9 Å². The predicted octanol–water partition coefficient (Wildman–Crippen LogP) is 4.39. The molecule has 0 aliphatic heterocycles. The summed E-state index contributed by atoms with van der Waals surface area (Å²) in [5.41, 5.74) is -0.253. The second kappa shape index (κ2) is 8.19. The summed E-state index contributed by atoms with van der Waals surface area (Å²) in [6.45, 7) is 6.51. The molecule has 0 saturated heterocycles. The van der Waals surface area contributed by atoms with Crippen LogP contribution in [0.2, 0.25) is 10.0 Å². The first-order valence-corrected chi connectivity index (χ1v) is 8.64. The molecule has 0 aliphatic rings. The SMILES string of the molecule is CC(C)(C)C(O)C(CCCOc1ccc(Cl)cc1Cl)n1cncn1. The highest BCUT2D eigenvalue weighted by Gasteiger charge is 2.31. The predicted molar refractivity (Wildman–Crippen MR) is 95.7 cm³/mol. The quantitative estimate of drug-likeness (QED) is 0.733. The van der Waals surface area contributed by atoms with Crippen molar-refractivity contribution in [2.75, 3.05) is 6.61 Å². The number of hydrogen-bond acceptors (Lipinski definition) is 4. The Bertz CT molecular complexity index is 642. The van der Waals surface area contributed by atoms with Crippen LogP contribution < -0.4 is 4.74 Å². The molecule has 5 nitrogen and oxygen atoms in total. The van der Waals surface area contributed by atoms with Crippen molar-refractivity contribution >= 4 is 23.2 Å². The van der Waals surface area contributed by atoms with Crippen LogP contribution in [0.5, 0.6) is 5.75 Å². The average molecular weight is 372 g/mol. The van der Waals surface area contributed by atoms with Crippen LogP contribution in [0.3, 0.4) is 0 Å². The van der Waals surface area contributed by atoms with Gasteiger partial charge in [0.25, 0.3) is 0 Å². The van der Waals surface area contributed by atoms with Gasteiger partial charge in [-0.1, -0.05) is 44.0 Å². The molecule has 2 unspecified atom stereocenters. The van der Waals surface area contributed by atoms with Crippen LogP contribution in [-0.2, 0) is 0 Å². The molecule has 0 saturated carbocycles. The Balaban J connectivity index is 1.93. The van der Waals surface area contributed by atoms with Gasteiger partial charge in [-0.3, -0.25) is 0 Å². The molecule has 2 rings (SSSR count). The van der Waals surface area contributed by atoms with E-state index in [0.29, 0.717) is 28.8 Å². The lowest BCUT2D eigenvalue weighted by Gasteiger charge is -2.33. The van der Waals surface area contributed by atoms with Crippen molar-refractivity contribution in [1.29, 1.82) is 0 Å². The molecule has 24 heavy (non-hydrogen) atoms. The maximum Gasteiger partial charge on any atom is 0.137 e. The van der Waals surface area contributed by atoms with E-state index in [0.717, 1.165) is 6.42 Å². The van der Waals surface area contributed by atoms with Crippen LogP contribution in [0.1, 0.15) is 39.7 Å². The summed E-state index contributed by atoms with van der Waals surface area (Å²) >= 11 is 12.0. The molecular formula is C17H23Cl2N3O2. The van der Waals surface area contributed by atoms with Gasteiger partial charge in [-0.05, 0) is 36.5 Å². The molecule has 0 aliphatic carbocycles. The molecule has 132 valence electrons. The molecule has 2 atom stereocenters. The Labute approximate surface area is 152 Å². The van der Waals surface area contributed by atoms with Crippen LogP contribution in [0.4, 0.5) is 0 Å². The third-order valence-electron chi connectivity index (χ3n) is 3.82. The van der Waals surface area contributed by atoms with Gasteiger partial charge < -0.3 is 9.84 Å². The van der Waals surface area contributed by atoms with E-state index in [1.54, 1.807) is 29.2 Å². The van der Waals surface area contributed by atoms with Crippen molar-refractivity contribution in [3.05, 3.63) is 40.9 Å². The second-order valence-corrected chi connectivity index (χ2v) is 7.66. The number of nitrogens with zero attached hydrogens (tertiary/aromatic N) is 3. The van der Waals surface area contributed by atoms with Gasteiger partial charge in [-0.2, -0.15) is 5.10 Å². The van der Waals surface area contributed by atoms with E-state index in [1.165, 1.54) is 6.33 Å². The molecule has 1 heterocycles. The number of ether oxygens (including phenoxy) is 1. The molecule has 0 spiro atoms. The summed E-state index contributed by atoms with van der Waals surface area (Å²) in [6, 6.07) is 4.99. The first-order chi connectivity index (χ1) is 11.3. The number of rotatable bonds is 7. The van der Waals surface area contributed by atoms with Crippen LogP contribution in [0, 0.1) is 5.41 Å². The maximum atomic E-state index is 10.6. The first kappa shape index (κ1) is 19.0. The van der Waals surface area contributed by atoms with Gasteiger partial charge in [0.2, 0.25) is 0 Å². The van der Waals surface area contributed by atoms with Crippen molar-refractivity contribution in [2.24, 2.45) is 5.41 Å². The first-order valence-electron chi connectivity index (χ1n) is 7.89. The zero-order chi connectivity index (χ0) is 17.7. The van der Waals surface area contributed by atoms with Crippen LogP contribution in [-0.4, -0.2) is 32.6 Å². The van der Waals surface area contributed by atoms with Gasteiger partial charge in [0, 0.05) is 5.02 Å². The standard InChI is InChI=1S/C17H23Cl2N3O2/c1-17(2,3)16(23)14(22-11-20-10-21-22)5-4-8-24-15-7-6-12(18)9-13(15)19/h6-7,9-11,14,16,23H,4-5,8H2,1-3H3. The molecule has 1 aromatic carbocycles. The van der Waals surface area contributed by atoms with E-state index in [1.807, 2.05) is 20.8 Å². The topological polar surface area (TPSA) is 60.2 Å². The highest BCUT2D eigenvalue weighted by atomic mass is 35.5. The van der Waals surface area contributed by atoms with Crippen molar-refractivity contribution in [1.82, 2.24) is 14.8 Å². The fourth-order valence-electron chi connectivity index (χ4n) is 2.47. The van der Waals surface area contributed by atoms with Crippen molar-refractivity contribution in [3.63, 3.8) is 0 Å². The molecule has 0 amide bonds. The fourth-order valence-corrected chi connectivity index (χ4v) is 2.93. The van der Waals surface area contributed by atoms with Gasteiger partial charge in [0.05, 0.1) is 23.8 Å². The van der Waals surface area contributed by atoms with E-state index < -0.39 is 6.10 Å². The Hall–Kier alpha value is -1.30. The van der Waals surface area contributed by atoms with E-state index in [2.05, 4.69) is 10.1 Å². The van der Waals surface area contributed by atoms with Crippen molar-refractivity contribution < 1.29 is 9.84 Å². The Kier molecular flexibility index (Phi) is 6.49. The minimum atomic E-state index is -0.543. The summed E-state index contributed by atoms with van der Waals surface area (Å²) in [5, 5.41) is 15.9. The maximum absolute atomic E-state index is 10.6. The zero-order valence-electron chi connectivity index (χ0n) is 14.1. The normalized spacial score (nSPS) is 14.4. The summed E-state index contributed by atoms with van der Waals surface area (Å²) < 4.78 is 7.42. The van der Waals surface area contributed by atoms with Crippen molar-refractivity contribution in [3.8, 4) is 5.75 Å². The largest absolute Gasteiger partial charge is 0.492 e. The highest BCUT2D eigenvalue weighted by molar-refractivity contribution is 6.35. The Morgan fingerprint density at radius 1 is 1.29 bits per heavy atom. The summed E-state index contributed by atoms with van der Waals surface area (Å²) in [6.07, 6.45) is 4.03. The number of halogens is 2. The van der Waals surface area contributed by atoms with Gasteiger partial charge in [-0.15, -0.1) is 0 Å². The number of benzene rings is 1. The third-order valence-corrected chi connectivity index (χ3v) is 4.35. The smallest absolute Gasteiger partial charge is 0.137 e. The number of aliphatic hydroxyl groups is 1. The molecule has 7 heteroatoms. The van der Waals surface area contributed by atoms with Gasteiger partial charge >= 0.3 is 0 Å². The molecule has 1 aromatic heterocycles. The number of aromatic nitrogens is 3. The summed E-state index contributed by atoms with van der Waals surface area (Å²) in [4.78, 5) is 3.98. The molecular weight excluding hydrogens is 349 g/mol. The van der Waals surface area contributed by atoms with Gasteiger partial charge in [0.15, 0.2) is 0 Å². The monoisotopic (exact) mass is 371 g/mol. The van der Waals surface area contributed by atoms with Gasteiger partial charge in [0.1, 0.15) is 18.4 Å². The number of aliphatic hydroxyl groups excluding tert-OH is 1. The molecule has 0 bridgehead atoms. The molecule has 2 aromatic rings. The number of hydrogen-bond donors (Lipinski definition) is 1. The van der Waals surface area contributed by atoms with Crippen LogP contribution >= 0.6 is 23.2 Å². The Morgan fingerprint density at radius 2 is 2.04 bits per heavy atom. The third kappa shape index (κ3) is 5.10. The summed E-state index contributed by atoms with van der Waals surface area (Å²) in [5.74, 6) is 0.606. The van der Waals surface area contributed by atoms with E-state index in [9.17, 15) is 5.11 Å². The lowest BCUT2D eigenvalue weighted by atomic mass is 9.83. The lowest BCUT2D eigenvalue weighted by molar-refractivity contribution is 0.00759. The lowest BCUT2D eigenvalue weighted by Crippen LogP contribution is -2.36. The van der Waals surface area contributed by atoms with E-state index >= 15 is 0 Å². The van der Waals surface area contributed by atoms with Gasteiger partial charge in [-0.25, -0.2) is 9.67 Å². The molecule has 1 N–H and O–H groups in total. The average Bonchev–Trinajstić information content (AvgIpc) is 3.01. The van der Waals surface area contributed by atoms with E-state index in [4.69, 9.17) is 27.9 Å². The molecule has 0 fully saturated rings. The second-order valence-electron chi connectivity index (χ2n) is 6.82.